The van der Waals surface area contributed by atoms with Crippen molar-refractivity contribution in [3.63, 3.8) is 0 Å². The Labute approximate surface area is 220 Å². The van der Waals surface area contributed by atoms with Crippen LogP contribution < -0.4 is 15.0 Å². The molecular formula is C26H21Cl2F3N2O4. The smallest absolute Gasteiger partial charge is 0.281 e. The first-order valence-corrected chi connectivity index (χ1v) is 11.8. The Morgan fingerprint density at radius 3 is 2.49 bits per heavy atom. The Morgan fingerprint density at radius 1 is 1.08 bits per heavy atom. The molecule has 0 unspecified atom stereocenters. The molecule has 0 fully saturated rings. The number of hydrogen-bond acceptors (Lipinski definition) is 4. The standard InChI is InChI=1S/C26H21Cl2F3N2O4/c1-25(36)18-12-15(27)4-8-21(18)33(10-9-26(25,30)31)24(35)14-3-7-20(22(11-14)37-2)32-23(34)17-6-5-16(29)13-19(17)28/h3-8,11-13,36H,9-10H2,1-2H3,(H,32,34)/t25-/m1/s1. The third-order valence-electron chi connectivity index (χ3n) is 6.25. The summed E-state index contributed by atoms with van der Waals surface area (Å²) in [6.45, 7) is 0.616. The van der Waals surface area contributed by atoms with E-state index in [0.29, 0.717) is 0 Å². The molecule has 194 valence electrons. The van der Waals surface area contributed by atoms with E-state index in [0.717, 1.165) is 24.0 Å². The van der Waals surface area contributed by atoms with Crippen LogP contribution in [-0.2, 0) is 5.60 Å². The van der Waals surface area contributed by atoms with Gasteiger partial charge in [-0.15, -0.1) is 0 Å². The fourth-order valence-electron chi connectivity index (χ4n) is 4.10. The van der Waals surface area contributed by atoms with Crippen LogP contribution >= 0.6 is 23.2 Å². The van der Waals surface area contributed by atoms with E-state index in [9.17, 15) is 27.9 Å². The molecule has 0 spiro atoms. The van der Waals surface area contributed by atoms with Gasteiger partial charge in [-0.05, 0) is 61.5 Å². The second-order valence-electron chi connectivity index (χ2n) is 8.64. The highest BCUT2D eigenvalue weighted by Gasteiger charge is 2.53. The summed E-state index contributed by atoms with van der Waals surface area (Å²) >= 11 is 12.0. The zero-order chi connectivity index (χ0) is 27.1. The second kappa shape index (κ2) is 9.89. The van der Waals surface area contributed by atoms with E-state index in [4.69, 9.17) is 27.9 Å². The largest absolute Gasteiger partial charge is 0.495 e. The number of methoxy groups -OCH3 is 1. The summed E-state index contributed by atoms with van der Waals surface area (Å²) in [7, 11) is 1.32. The van der Waals surface area contributed by atoms with Gasteiger partial charge in [-0.2, -0.15) is 0 Å². The molecule has 1 aliphatic heterocycles. The maximum absolute atomic E-state index is 14.9. The zero-order valence-electron chi connectivity index (χ0n) is 19.6. The normalized spacial score (nSPS) is 18.5. The van der Waals surface area contributed by atoms with Crippen LogP contribution in [0, 0.1) is 5.82 Å². The minimum Gasteiger partial charge on any atom is -0.495 e. The van der Waals surface area contributed by atoms with Gasteiger partial charge in [0.25, 0.3) is 17.7 Å². The van der Waals surface area contributed by atoms with Crippen molar-refractivity contribution in [1.82, 2.24) is 0 Å². The molecule has 0 aliphatic carbocycles. The van der Waals surface area contributed by atoms with Crippen molar-refractivity contribution < 1.29 is 32.6 Å². The van der Waals surface area contributed by atoms with E-state index in [1.165, 1.54) is 49.6 Å². The SMILES string of the molecule is COc1cc(C(=O)N2CCC(F)(F)[C@](C)(O)c3cc(Cl)ccc32)ccc1NC(=O)c1ccc(F)cc1Cl. The molecular weight excluding hydrogens is 532 g/mol. The molecule has 3 aromatic carbocycles. The number of nitrogens with one attached hydrogen (secondary N) is 1. The van der Waals surface area contributed by atoms with Crippen molar-refractivity contribution in [2.75, 3.05) is 23.9 Å². The summed E-state index contributed by atoms with van der Waals surface area (Å²) in [4.78, 5) is 27.3. The fraction of sp³-hybridized carbons (Fsp3) is 0.231. The second-order valence-corrected chi connectivity index (χ2v) is 9.48. The first kappa shape index (κ1) is 26.8. The summed E-state index contributed by atoms with van der Waals surface area (Å²) in [6, 6.07) is 11.5. The predicted molar refractivity (Wildman–Crippen MR) is 135 cm³/mol. The topological polar surface area (TPSA) is 78.9 Å². The predicted octanol–water partition coefficient (Wildman–Crippen LogP) is 6.29. The van der Waals surface area contributed by atoms with E-state index >= 15 is 0 Å². The van der Waals surface area contributed by atoms with E-state index in [2.05, 4.69) is 5.32 Å². The number of anilines is 2. The minimum atomic E-state index is -3.53. The van der Waals surface area contributed by atoms with Crippen molar-refractivity contribution in [3.8, 4) is 5.75 Å². The van der Waals surface area contributed by atoms with Crippen LogP contribution in [0.25, 0.3) is 0 Å². The van der Waals surface area contributed by atoms with E-state index < -0.39 is 35.6 Å². The van der Waals surface area contributed by atoms with Crippen molar-refractivity contribution >= 4 is 46.4 Å². The average molecular weight is 553 g/mol. The molecule has 37 heavy (non-hydrogen) atoms. The third kappa shape index (κ3) is 4.99. The van der Waals surface area contributed by atoms with Gasteiger partial charge >= 0.3 is 0 Å². The Bertz CT molecular complexity index is 1400. The zero-order valence-corrected chi connectivity index (χ0v) is 21.1. The summed E-state index contributed by atoms with van der Waals surface area (Å²) in [5.74, 6) is -5.28. The Morgan fingerprint density at radius 2 is 1.81 bits per heavy atom. The molecule has 11 heteroatoms. The number of hydrogen-bond donors (Lipinski definition) is 2. The molecule has 6 nitrogen and oxygen atoms in total. The lowest BCUT2D eigenvalue weighted by molar-refractivity contribution is -0.177. The molecule has 0 radical (unpaired) electrons. The fourth-order valence-corrected chi connectivity index (χ4v) is 4.53. The summed E-state index contributed by atoms with van der Waals surface area (Å²) < 4.78 is 48.4. The Balaban J connectivity index is 1.67. The summed E-state index contributed by atoms with van der Waals surface area (Å²) in [6.07, 6.45) is -0.790. The molecule has 1 atom stereocenters. The molecule has 1 heterocycles. The summed E-state index contributed by atoms with van der Waals surface area (Å²) in [5.41, 5.74) is -2.34. The first-order chi connectivity index (χ1) is 17.4. The number of fused-ring (bicyclic) bond motifs is 1. The van der Waals surface area contributed by atoms with Gasteiger partial charge in [0.1, 0.15) is 11.6 Å². The highest BCUT2D eigenvalue weighted by Crippen LogP contribution is 2.47. The van der Waals surface area contributed by atoms with E-state index in [1.54, 1.807) is 0 Å². The lowest BCUT2D eigenvalue weighted by Gasteiger charge is -2.32. The van der Waals surface area contributed by atoms with Crippen LogP contribution in [0.2, 0.25) is 10.0 Å². The molecule has 0 saturated heterocycles. The van der Waals surface area contributed by atoms with Gasteiger partial charge in [0.05, 0.1) is 29.1 Å². The van der Waals surface area contributed by atoms with Gasteiger partial charge in [-0.25, -0.2) is 13.2 Å². The maximum atomic E-state index is 14.9. The lowest BCUT2D eigenvalue weighted by atomic mass is 9.87. The van der Waals surface area contributed by atoms with E-state index in [1.807, 2.05) is 0 Å². The molecule has 1 aliphatic rings. The van der Waals surface area contributed by atoms with Crippen LogP contribution in [0.1, 0.15) is 39.6 Å². The number of alkyl halides is 2. The van der Waals surface area contributed by atoms with Gasteiger partial charge in [0.15, 0.2) is 5.60 Å². The van der Waals surface area contributed by atoms with Crippen LogP contribution in [0.4, 0.5) is 24.5 Å². The van der Waals surface area contributed by atoms with Crippen molar-refractivity contribution in [2.24, 2.45) is 0 Å². The molecule has 2 N–H and O–H groups in total. The number of nitrogens with zero attached hydrogens (tertiary/aromatic N) is 1. The molecule has 0 bridgehead atoms. The minimum absolute atomic E-state index is 0.0260. The third-order valence-corrected chi connectivity index (χ3v) is 6.80. The number of benzene rings is 3. The van der Waals surface area contributed by atoms with Crippen LogP contribution in [0.3, 0.4) is 0 Å². The number of carbonyl (C=O) groups is 2. The summed E-state index contributed by atoms with van der Waals surface area (Å²) in [5, 5.41) is 13.4. The lowest BCUT2D eigenvalue weighted by Crippen LogP contribution is -2.42. The van der Waals surface area contributed by atoms with Crippen molar-refractivity contribution in [3.05, 3.63) is 87.2 Å². The Kier molecular flexibility index (Phi) is 7.16. The molecule has 4 rings (SSSR count). The molecule has 2 amide bonds. The van der Waals surface area contributed by atoms with Crippen LogP contribution in [0.15, 0.2) is 54.6 Å². The number of carbonyl (C=O) groups excluding carboxylic acids is 2. The van der Waals surface area contributed by atoms with Gasteiger partial charge in [0, 0.05) is 29.1 Å². The van der Waals surface area contributed by atoms with Gasteiger partial charge < -0.3 is 20.1 Å². The number of halogens is 5. The highest BCUT2D eigenvalue weighted by atomic mass is 35.5. The average Bonchev–Trinajstić information content (AvgIpc) is 2.91. The Hall–Kier alpha value is -3.27. The van der Waals surface area contributed by atoms with Gasteiger partial charge in [0.2, 0.25) is 0 Å². The van der Waals surface area contributed by atoms with Crippen LogP contribution in [-0.4, -0.2) is 36.5 Å². The highest BCUT2D eigenvalue weighted by molar-refractivity contribution is 6.34. The molecule has 0 aromatic heterocycles. The molecule has 3 aromatic rings. The van der Waals surface area contributed by atoms with Crippen LogP contribution in [0.5, 0.6) is 5.75 Å². The van der Waals surface area contributed by atoms with Crippen molar-refractivity contribution in [2.45, 2.75) is 24.9 Å². The monoisotopic (exact) mass is 552 g/mol. The molecule has 0 saturated carbocycles. The van der Waals surface area contributed by atoms with Crippen molar-refractivity contribution in [1.29, 1.82) is 0 Å². The van der Waals surface area contributed by atoms with Gasteiger partial charge in [-0.3, -0.25) is 9.59 Å². The quantitative estimate of drug-likeness (QED) is 0.399. The first-order valence-electron chi connectivity index (χ1n) is 11.0. The van der Waals surface area contributed by atoms with Gasteiger partial charge in [-0.1, -0.05) is 23.2 Å². The number of rotatable bonds is 4. The number of aliphatic hydroxyl groups is 1. The number of ether oxygens (including phenoxy) is 1. The van der Waals surface area contributed by atoms with E-state index in [-0.39, 0.29) is 50.4 Å². The maximum Gasteiger partial charge on any atom is 0.281 e. The number of amides is 2.